The Kier molecular flexibility index (Phi) is 4.59. The van der Waals surface area contributed by atoms with Crippen LogP contribution in [0.4, 0.5) is 38.1 Å². The first-order chi connectivity index (χ1) is 14.4. The third kappa shape index (κ3) is 3.24. The largest absolute Gasteiger partial charge is 0.401 e. The van der Waals surface area contributed by atoms with Crippen LogP contribution < -0.4 is 10.2 Å². The van der Waals surface area contributed by atoms with Gasteiger partial charge in [0.05, 0.1) is 34.7 Å². The minimum Gasteiger partial charge on any atom is -0.306 e. The number of aryl methyl sites for hydroxylation is 1. The third-order valence-corrected chi connectivity index (χ3v) is 5.24. The van der Waals surface area contributed by atoms with Crippen molar-refractivity contribution in [2.24, 2.45) is 0 Å². The molecule has 0 saturated carbocycles. The molecule has 4 rings (SSSR count). The summed E-state index contributed by atoms with van der Waals surface area (Å²) >= 11 is 0. The second kappa shape index (κ2) is 6.82. The van der Waals surface area contributed by atoms with E-state index in [0.717, 1.165) is 28.6 Å². The molecule has 31 heavy (non-hydrogen) atoms. The van der Waals surface area contributed by atoms with Crippen molar-refractivity contribution >= 4 is 23.1 Å². The lowest BCUT2D eigenvalue weighted by Gasteiger charge is -2.28. The SMILES string of the molecule is Cc1nnc(C(C)F)cc1NC(=O)N1C[C@@](C)(C(F)(F)F)c2c1cnc1cc(F)nn21. The lowest BCUT2D eigenvalue weighted by molar-refractivity contribution is -0.181. The second-order valence-corrected chi connectivity index (χ2v) is 7.46. The zero-order valence-electron chi connectivity index (χ0n) is 16.5. The molecule has 13 heteroatoms. The van der Waals surface area contributed by atoms with Crippen LogP contribution in [0.25, 0.3) is 5.65 Å². The van der Waals surface area contributed by atoms with E-state index < -0.39 is 42.0 Å². The van der Waals surface area contributed by atoms with Crippen molar-refractivity contribution < 1.29 is 26.7 Å². The number of carbonyl (C=O) groups excluding carboxylic acids is 1. The Morgan fingerprint density at radius 2 is 2.00 bits per heavy atom. The van der Waals surface area contributed by atoms with Gasteiger partial charge in [-0.2, -0.15) is 27.8 Å². The van der Waals surface area contributed by atoms with Crippen LogP contribution in [0.2, 0.25) is 0 Å². The number of anilines is 2. The highest BCUT2D eigenvalue weighted by Crippen LogP contribution is 2.49. The van der Waals surface area contributed by atoms with Gasteiger partial charge in [-0.1, -0.05) is 0 Å². The van der Waals surface area contributed by atoms with Gasteiger partial charge < -0.3 is 5.32 Å². The number of alkyl halides is 4. The number of rotatable bonds is 2. The second-order valence-electron chi connectivity index (χ2n) is 7.46. The summed E-state index contributed by atoms with van der Waals surface area (Å²) in [5.74, 6) is -1.00. The van der Waals surface area contributed by atoms with Gasteiger partial charge in [0, 0.05) is 12.6 Å². The molecule has 1 aliphatic rings. The molecule has 0 aliphatic carbocycles. The Morgan fingerprint density at radius 3 is 2.65 bits per heavy atom. The molecule has 2 amide bonds. The number of nitrogens with zero attached hydrogens (tertiary/aromatic N) is 6. The smallest absolute Gasteiger partial charge is 0.306 e. The van der Waals surface area contributed by atoms with Crippen molar-refractivity contribution in [3.8, 4) is 0 Å². The molecule has 0 radical (unpaired) electrons. The van der Waals surface area contributed by atoms with Gasteiger partial charge in [-0.05, 0) is 26.8 Å². The number of amides is 2. The Balaban J connectivity index is 1.79. The molecular weight excluding hydrogens is 425 g/mol. The zero-order chi connectivity index (χ0) is 22.7. The summed E-state index contributed by atoms with van der Waals surface area (Å²) < 4.78 is 70.1. The summed E-state index contributed by atoms with van der Waals surface area (Å²) in [5.41, 5.74) is -2.94. The topological polar surface area (TPSA) is 88.3 Å². The normalized spacial score (nSPS) is 19.5. The number of hydrogen-bond donors (Lipinski definition) is 1. The predicted molar refractivity (Wildman–Crippen MR) is 99.0 cm³/mol. The molecule has 1 N–H and O–H groups in total. The lowest BCUT2D eigenvalue weighted by Crippen LogP contribution is -2.46. The predicted octanol–water partition coefficient (Wildman–Crippen LogP) is 3.87. The van der Waals surface area contributed by atoms with Gasteiger partial charge in [0.25, 0.3) is 0 Å². The van der Waals surface area contributed by atoms with Crippen LogP contribution in [0, 0.1) is 12.9 Å². The summed E-state index contributed by atoms with van der Waals surface area (Å²) in [6, 6.07) is 1.23. The van der Waals surface area contributed by atoms with E-state index in [4.69, 9.17) is 0 Å². The van der Waals surface area contributed by atoms with Crippen LogP contribution in [0.5, 0.6) is 0 Å². The monoisotopic (exact) mass is 441 g/mol. The molecule has 164 valence electrons. The van der Waals surface area contributed by atoms with E-state index in [0.29, 0.717) is 0 Å². The molecule has 1 unspecified atom stereocenters. The maximum atomic E-state index is 14.1. The van der Waals surface area contributed by atoms with E-state index in [9.17, 15) is 26.7 Å². The Morgan fingerprint density at radius 1 is 1.29 bits per heavy atom. The lowest BCUT2D eigenvalue weighted by atomic mass is 9.88. The van der Waals surface area contributed by atoms with E-state index in [-0.39, 0.29) is 28.4 Å². The molecule has 0 bridgehead atoms. The zero-order valence-corrected chi connectivity index (χ0v) is 16.5. The number of hydrogen-bond acceptors (Lipinski definition) is 5. The number of aromatic nitrogens is 5. The van der Waals surface area contributed by atoms with Crippen LogP contribution in [0.15, 0.2) is 18.3 Å². The average Bonchev–Trinajstić information content (AvgIpc) is 3.20. The van der Waals surface area contributed by atoms with Gasteiger partial charge in [-0.3, -0.25) is 4.90 Å². The molecule has 0 spiro atoms. The Labute approximate surface area is 172 Å². The van der Waals surface area contributed by atoms with Crippen molar-refractivity contribution in [3.05, 3.63) is 41.4 Å². The number of nitrogens with one attached hydrogen (secondary N) is 1. The van der Waals surface area contributed by atoms with Gasteiger partial charge >= 0.3 is 12.2 Å². The summed E-state index contributed by atoms with van der Waals surface area (Å²) in [5, 5.41) is 13.4. The van der Waals surface area contributed by atoms with Crippen molar-refractivity contribution in [2.75, 3.05) is 16.8 Å². The third-order valence-electron chi connectivity index (χ3n) is 5.24. The van der Waals surface area contributed by atoms with E-state index in [1.54, 1.807) is 0 Å². The number of fused-ring (bicyclic) bond motifs is 3. The van der Waals surface area contributed by atoms with Crippen LogP contribution in [-0.4, -0.2) is 43.5 Å². The van der Waals surface area contributed by atoms with Crippen LogP contribution in [0.3, 0.4) is 0 Å². The fraction of sp³-hybridized carbons (Fsp3) is 0.389. The Bertz CT molecular complexity index is 1190. The number of halogens is 5. The molecule has 2 atom stereocenters. The van der Waals surface area contributed by atoms with Crippen molar-refractivity contribution in [1.82, 2.24) is 24.8 Å². The average molecular weight is 441 g/mol. The molecule has 3 aromatic heterocycles. The fourth-order valence-corrected chi connectivity index (χ4v) is 3.46. The summed E-state index contributed by atoms with van der Waals surface area (Å²) in [6.07, 6.45) is -5.18. The van der Waals surface area contributed by atoms with Gasteiger partial charge in [0.15, 0.2) is 5.65 Å². The van der Waals surface area contributed by atoms with Crippen LogP contribution >= 0.6 is 0 Å². The minimum atomic E-state index is -4.78. The summed E-state index contributed by atoms with van der Waals surface area (Å²) in [7, 11) is 0. The molecule has 1 aliphatic heterocycles. The highest BCUT2D eigenvalue weighted by atomic mass is 19.4. The maximum absolute atomic E-state index is 14.1. The van der Waals surface area contributed by atoms with E-state index in [2.05, 4.69) is 25.6 Å². The highest BCUT2D eigenvalue weighted by Gasteiger charge is 2.60. The molecule has 4 heterocycles. The highest BCUT2D eigenvalue weighted by molar-refractivity contribution is 6.03. The molecule has 8 nitrogen and oxygen atoms in total. The van der Waals surface area contributed by atoms with Gasteiger partial charge in [0.2, 0.25) is 5.95 Å². The molecule has 0 saturated heterocycles. The first-order valence-electron chi connectivity index (χ1n) is 9.10. The van der Waals surface area contributed by atoms with E-state index >= 15 is 0 Å². The van der Waals surface area contributed by atoms with Crippen molar-refractivity contribution in [3.63, 3.8) is 0 Å². The van der Waals surface area contributed by atoms with Gasteiger partial charge in [-0.25, -0.2) is 18.7 Å². The van der Waals surface area contributed by atoms with Crippen molar-refractivity contribution in [2.45, 2.75) is 38.5 Å². The molecule has 3 aromatic rings. The first-order valence-corrected chi connectivity index (χ1v) is 9.10. The number of carbonyl (C=O) groups is 1. The summed E-state index contributed by atoms with van der Waals surface area (Å²) in [4.78, 5) is 17.7. The van der Waals surface area contributed by atoms with Gasteiger partial charge in [0.1, 0.15) is 11.6 Å². The van der Waals surface area contributed by atoms with Crippen LogP contribution in [-0.2, 0) is 5.41 Å². The maximum Gasteiger partial charge on any atom is 0.401 e. The van der Waals surface area contributed by atoms with Gasteiger partial charge in [-0.15, -0.1) is 5.10 Å². The fourth-order valence-electron chi connectivity index (χ4n) is 3.46. The Hall–Kier alpha value is -3.38. The molecule has 0 aromatic carbocycles. The van der Waals surface area contributed by atoms with E-state index in [1.165, 1.54) is 19.9 Å². The quantitative estimate of drug-likeness (QED) is 0.610. The standard InChI is InChI=1S/C18H16F5N7O/c1-8(19)10-4-11(9(2)26-27-10)25-16(31)29-7-17(3,18(21,22)23)15-12(29)6-24-14-5-13(20)28-30(14)15/h4-6,8H,7H2,1-3H3,(H,25,27,31)/t8?,17-/m1/s1. The summed E-state index contributed by atoms with van der Waals surface area (Å²) in [6.45, 7) is 2.85. The number of urea groups is 1. The first kappa shape index (κ1) is 20.9. The molecular formula is C18H16F5N7O. The van der Waals surface area contributed by atoms with Crippen molar-refractivity contribution in [1.29, 1.82) is 0 Å². The van der Waals surface area contributed by atoms with E-state index in [1.807, 2.05) is 0 Å². The van der Waals surface area contributed by atoms with Crippen LogP contribution in [0.1, 0.15) is 37.1 Å². The minimum absolute atomic E-state index is 0.0433. The molecule has 0 fully saturated rings.